The van der Waals surface area contributed by atoms with Crippen molar-refractivity contribution in [3.63, 3.8) is 0 Å². The summed E-state index contributed by atoms with van der Waals surface area (Å²) >= 11 is 0. The fourth-order valence-corrected chi connectivity index (χ4v) is 3.22. The molecule has 5 atom stereocenters. The van der Waals surface area contributed by atoms with E-state index >= 15 is 0 Å². The number of anilines is 2. The third kappa shape index (κ3) is 4.42. The number of nitrogens with one attached hydrogen (secondary N) is 1. The van der Waals surface area contributed by atoms with E-state index in [0.717, 1.165) is 0 Å². The number of nitrogens with zero attached hydrogens (tertiary/aromatic N) is 4. The molecule has 2 aliphatic rings. The number of likely N-dealkylation sites (tertiary alicyclic amines) is 1. The molecule has 7 nitrogen and oxygen atoms in total. The highest BCUT2D eigenvalue weighted by Crippen LogP contribution is 2.29. The van der Waals surface area contributed by atoms with E-state index in [9.17, 15) is 26.7 Å². The van der Waals surface area contributed by atoms with Crippen molar-refractivity contribution >= 4 is 17.5 Å². The van der Waals surface area contributed by atoms with Gasteiger partial charge in [0.1, 0.15) is 30.1 Å². The average Bonchev–Trinajstić information content (AvgIpc) is 2.96. The molecular formula is C16H20F5N5O2. The molecule has 156 valence electrons. The monoisotopic (exact) mass is 409 g/mol. The molecule has 0 aromatic carbocycles. The number of aromatic nitrogens is 2. The largest absolute Gasteiger partial charge is 0.522 e. The molecule has 1 N–H and O–H groups in total. The second kappa shape index (κ2) is 7.64. The van der Waals surface area contributed by atoms with Crippen LogP contribution in [0.3, 0.4) is 0 Å². The fraction of sp³-hybridized carbons (Fsp3) is 0.688. The smallest absolute Gasteiger partial charge is 0.358 e. The number of hydrogen-bond acceptors (Lipinski definition) is 6. The van der Waals surface area contributed by atoms with Gasteiger partial charge in [0.05, 0.1) is 19.1 Å². The normalized spacial score (nSPS) is 28.8. The van der Waals surface area contributed by atoms with Gasteiger partial charge >= 0.3 is 6.36 Å². The molecule has 0 radical (unpaired) electrons. The van der Waals surface area contributed by atoms with Gasteiger partial charge in [0, 0.05) is 12.6 Å². The Morgan fingerprint density at radius 1 is 1.25 bits per heavy atom. The first-order chi connectivity index (χ1) is 13.0. The zero-order valence-corrected chi connectivity index (χ0v) is 15.2. The maximum absolute atomic E-state index is 13.4. The van der Waals surface area contributed by atoms with E-state index in [2.05, 4.69) is 20.0 Å². The van der Waals surface area contributed by atoms with Crippen molar-refractivity contribution in [1.29, 1.82) is 0 Å². The Bertz CT molecular complexity index is 711. The van der Waals surface area contributed by atoms with Crippen molar-refractivity contribution in [3.8, 4) is 0 Å². The molecule has 0 saturated carbocycles. The number of halogens is 5. The SMILES string of the molecule is C[C@@H](Nc1cc(N2C[C@H](F)[C@@H](F)C2)ncn1)C(=O)N1C[C@H](OC(F)(F)F)[C@@H]1C. The van der Waals surface area contributed by atoms with Crippen LogP contribution < -0.4 is 10.2 Å². The van der Waals surface area contributed by atoms with E-state index in [-0.39, 0.29) is 25.5 Å². The summed E-state index contributed by atoms with van der Waals surface area (Å²) in [6.45, 7) is 2.60. The first kappa shape index (κ1) is 20.5. The van der Waals surface area contributed by atoms with E-state index in [1.165, 1.54) is 29.1 Å². The van der Waals surface area contributed by atoms with Crippen LogP contribution in [0, 0.1) is 0 Å². The lowest BCUT2D eigenvalue weighted by Gasteiger charge is -2.46. The Labute approximate surface area is 157 Å². The Morgan fingerprint density at radius 3 is 2.46 bits per heavy atom. The summed E-state index contributed by atoms with van der Waals surface area (Å²) in [5.41, 5.74) is 0. The van der Waals surface area contributed by atoms with Crippen LogP contribution in [0.25, 0.3) is 0 Å². The number of alkyl halides is 5. The number of carbonyl (C=O) groups is 1. The van der Waals surface area contributed by atoms with Crippen LogP contribution in [0.5, 0.6) is 0 Å². The van der Waals surface area contributed by atoms with Gasteiger partial charge in [0.25, 0.3) is 0 Å². The van der Waals surface area contributed by atoms with Gasteiger partial charge in [-0.3, -0.25) is 9.53 Å². The quantitative estimate of drug-likeness (QED) is 0.750. The average molecular weight is 409 g/mol. The zero-order chi connectivity index (χ0) is 20.6. The molecule has 2 fully saturated rings. The van der Waals surface area contributed by atoms with Gasteiger partial charge < -0.3 is 15.1 Å². The van der Waals surface area contributed by atoms with Gasteiger partial charge in [-0.05, 0) is 13.8 Å². The summed E-state index contributed by atoms with van der Waals surface area (Å²) < 4.78 is 67.5. The molecule has 1 amide bonds. The third-order valence-electron chi connectivity index (χ3n) is 4.87. The van der Waals surface area contributed by atoms with E-state index in [4.69, 9.17) is 0 Å². The van der Waals surface area contributed by atoms with E-state index in [0.29, 0.717) is 5.82 Å². The van der Waals surface area contributed by atoms with Gasteiger partial charge in [0.2, 0.25) is 5.91 Å². The molecule has 28 heavy (non-hydrogen) atoms. The van der Waals surface area contributed by atoms with E-state index in [1.807, 2.05) is 0 Å². The molecule has 0 aliphatic carbocycles. The topological polar surface area (TPSA) is 70.6 Å². The standard InChI is InChI=1S/C16H20F5N5O2/c1-8(15(27)26-6-12(9(26)2)28-16(19,20)21)24-13-3-14(23-7-22-13)25-4-10(17)11(18)5-25/h3,7-12H,4-6H2,1-2H3,(H,22,23,24)/t8-,9+,10+,11+,12+/m1/s1. The minimum absolute atomic E-state index is 0.127. The summed E-state index contributed by atoms with van der Waals surface area (Å²) in [5, 5.41) is 2.84. The molecule has 3 rings (SSSR count). The Kier molecular flexibility index (Phi) is 5.60. The first-order valence-corrected chi connectivity index (χ1v) is 8.72. The Morgan fingerprint density at radius 2 is 1.89 bits per heavy atom. The molecule has 0 bridgehead atoms. The molecule has 1 aromatic heterocycles. The van der Waals surface area contributed by atoms with E-state index < -0.39 is 42.8 Å². The minimum atomic E-state index is -4.75. The van der Waals surface area contributed by atoms with Gasteiger partial charge in [-0.25, -0.2) is 18.7 Å². The summed E-state index contributed by atoms with van der Waals surface area (Å²) in [6, 6.07) is -0.0331. The number of ether oxygens (including phenoxy) is 1. The number of carbonyl (C=O) groups excluding carboxylic acids is 1. The first-order valence-electron chi connectivity index (χ1n) is 8.72. The lowest BCUT2D eigenvalue weighted by atomic mass is 10.00. The third-order valence-corrected chi connectivity index (χ3v) is 4.87. The second-order valence-electron chi connectivity index (χ2n) is 6.90. The molecular weight excluding hydrogens is 389 g/mol. The summed E-state index contributed by atoms with van der Waals surface area (Å²) in [6.07, 6.45) is -7.83. The highest BCUT2D eigenvalue weighted by atomic mass is 19.4. The van der Waals surface area contributed by atoms with Gasteiger partial charge in [0.15, 0.2) is 12.3 Å². The molecule has 1 aromatic rings. The van der Waals surface area contributed by atoms with E-state index in [1.54, 1.807) is 6.92 Å². The predicted molar refractivity (Wildman–Crippen MR) is 89.2 cm³/mol. The van der Waals surface area contributed by atoms with Crippen LogP contribution in [0.4, 0.5) is 33.6 Å². The van der Waals surface area contributed by atoms with Crippen LogP contribution in [0.1, 0.15) is 13.8 Å². The van der Waals surface area contributed by atoms with Crippen molar-refractivity contribution < 1.29 is 31.5 Å². The van der Waals surface area contributed by atoms with Crippen molar-refractivity contribution in [2.45, 2.75) is 50.7 Å². The molecule has 3 heterocycles. The minimum Gasteiger partial charge on any atom is -0.358 e. The Hall–Kier alpha value is -2.24. The highest BCUT2D eigenvalue weighted by Gasteiger charge is 2.46. The van der Waals surface area contributed by atoms with Crippen LogP contribution in [0.2, 0.25) is 0 Å². The lowest BCUT2D eigenvalue weighted by molar-refractivity contribution is -0.359. The predicted octanol–water partition coefficient (Wildman–Crippen LogP) is 1.91. The van der Waals surface area contributed by atoms with Gasteiger partial charge in [-0.1, -0.05) is 0 Å². The molecule has 2 aliphatic heterocycles. The number of hydrogen-bond donors (Lipinski definition) is 1. The summed E-state index contributed by atoms with van der Waals surface area (Å²) in [7, 11) is 0. The second-order valence-corrected chi connectivity index (χ2v) is 6.90. The maximum Gasteiger partial charge on any atom is 0.522 e. The van der Waals surface area contributed by atoms with Crippen molar-refractivity contribution in [3.05, 3.63) is 12.4 Å². The molecule has 0 spiro atoms. The van der Waals surface area contributed by atoms with Crippen LogP contribution >= 0.6 is 0 Å². The van der Waals surface area contributed by atoms with Crippen molar-refractivity contribution in [2.24, 2.45) is 0 Å². The summed E-state index contributed by atoms with van der Waals surface area (Å²) in [5.74, 6) is 0.166. The van der Waals surface area contributed by atoms with Crippen molar-refractivity contribution in [1.82, 2.24) is 14.9 Å². The highest BCUT2D eigenvalue weighted by molar-refractivity contribution is 5.85. The fourth-order valence-electron chi connectivity index (χ4n) is 3.22. The van der Waals surface area contributed by atoms with Gasteiger partial charge in [-0.15, -0.1) is 13.2 Å². The molecule has 0 unspecified atom stereocenters. The molecule has 12 heteroatoms. The van der Waals surface area contributed by atoms with Crippen molar-refractivity contribution in [2.75, 3.05) is 29.9 Å². The summed E-state index contributed by atoms with van der Waals surface area (Å²) in [4.78, 5) is 23.1. The van der Waals surface area contributed by atoms with Crippen LogP contribution in [-0.2, 0) is 9.53 Å². The zero-order valence-electron chi connectivity index (χ0n) is 15.2. The Balaban J connectivity index is 1.57. The van der Waals surface area contributed by atoms with Crippen LogP contribution in [0.15, 0.2) is 12.4 Å². The molecule has 2 saturated heterocycles. The maximum atomic E-state index is 13.4. The lowest BCUT2D eigenvalue weighted by Crippen LogP contribution is -2.64. The van der Waals surface area contributed by atoms with Gasteiger partial charge in [-0.2, -0.15) is 0 Å². The number of rotatable bonds is 5. The van der Waals surface area contributed by atoms with Crippen LogP contribution in [-0.4, -0.2) is 77.3 Å². The number of amides is 1.